The summed E-state index contributed by atoms with van der Waals surface area (Å²) in [5.41, 5.74) is 1.96. The summed E-state index contributed by atoms with van der Waals surface area (Å²) in [7, 11) is 0. The molecule has 0 aromatic heterocycles. The number of allylic oxidation sites excluding steroid dienone is 2. The summed E-state index contributed by atoms with van der Waals surface area (Å²) < 4.78 is 0. The molecule has 138 valence electrons. The van der Waals surface area contributed by atoms with E-state index in [0.29, 0.717) is 23.8 Å². The van der Waals surface area contributed by atoms with Gasteiger partial charge in [0.05, 0.1) is 11.4 Å². The predicted molar refractivity (Wildman–Crippen MR) is 105 cm³/mol. The van der Waals surface area contributed by atoms with Crippen molar-refractivity contribution in [2.75, 3.05) is 11.9 Å². The Balaban J connectivity index is 1.48. The van der Waals surface area contributed by atoms with Crippen LogP contribution in [0.1, 0.15) is 19.3 Å². The minimum Gasteiger partial charge on any atom is -0.348 e. The van der Waals surface area contributed by atoms with Crippen molar-refractivity contribution in [1.82, 2.24) is 5.32 Å². The van der Waals surface area contributed by atoms with Gasteiger partial charge in [-0.1, -0.05) is 30.4 Å². The molecule has 1 aliphatic carbocycles. The van der Waals surface area contributed by atoms with Crippen molar-refractivity contribution in [1.29, 1.82) is 0 Å². The molecule has 1 aliphatic rings. The van der Waals surface area contributed by atoms with Crippen LogP contribution in [-0.2, 0) is 9.59 Å². The van der Waals surface area contributed by atoms with Gasteiger partial charge in [-0.2, -0.15) is 10.2 Å². The lowest BCUT2D eigenvalue weighted by Crippen LogP contribution is -2.38. The summed E-state index contributed by atoms with van der Waals surface area (Å²) >= 11 is 0. The van der Waals surface area contributed by atoms with E-state index in [0.717, 1.165) is 24.9 Å². The third kappa shape index (κ3) is 5.88. The molecule has 0 fully saturated rings. The van der Waals surface area contributed by atoms with Gasteiger partial charge in [0.25, 0.3) is 0 Å². The maximum Gasteiger partial charge on any atom is 0.313 e. The number of benzene rings is 2. The Morgan fingerprint density at radius 2 is 1.59 bits per heavy atom. The largest absolute Gasteiger partial charge is 0.348 e. The third-order valence-electron chi connectivity index (χ3n) is 4.30. The lowest BCUT2D eigenvalue weighted by Gasteiger charge is -2.17. The predicted octanol–water partition coefficient (Wildman–Crippen LogP) is 4.51. The first-order chi connectivity index (χ1) is 13.2. The van der Waals surface area contributed by atoms with E-state index in [4.69, 9.17) is 0 Å². The van der Waals surface area contributed by atoms with Gasteiger partial charge in [-0.3, -0.25) is 9.59 Å². The zero-order valence-electron chi connectivity index (χ0n) is 15.0. The quantitative estimate of drug-likeness (QED) is 0.466. The number of hydrogen-bond donors (Lipinski definition) is 2. The van der Waals surface area contributed by atoms with Gasteiger partial charge in [-0.15, -0.1) is 0 Å². The number of nitrogens with one attached hydrogen (secondary N) is 2. The molecule has 2 amide bonds. The maximum atomic E-state index is 12.0. The summed E-state index contributed by atoms with van der Waals surface area (Å²) in [6.07, 6.45) is 7.28. The number of hydrogen-bond acceptors (Lipinski definition) is 4. The van der Waals surface area contributed by atoms with E-state index in [2.05, 4.69) is 33.0 Å². The topological polar surface area (TPSA) is 82.9 Å². The van der Waals surface area contributed by atoms with E-state index in [-0.39, 0.29) is 0 Å². The van der Waals surface area contributed by atoms with Crippen molar-refractivity contribution >= 4 is 28.9 Å². The van der Waals surface area contributed by atoms with Gasteiger partial charge in [0.2, 0.25) is 0 Å². The third-order valence-corrected chi connectivity index (χ3v) is 4.30. The molecule has 0 radical (unpaired) electrons. The Bertz CT molecular complexity index is 829. The van der Waals surface area contributed by atoms with Crippen LogP contribution >= 0.6 is 0 Å². The Morgan fingerprint density at radius 1 is 0.889 bits per heavy atom. The van der Waals surface area contributed by atoms with Crippen LogP contribution in [0.5, 0.6) is 0 Å². The number of carbonyl (C=O) groups excluding carboxylic acids is 2. The molecule has 0 heterocycles. The van der Waals surface area contributed by atoms with Crippen LogP contribution in [0.3, 0.4) is 0 Å². The van der Waals surface area contributed by atoms with E-state index in [1.807, 2.05) is 30.3 Å². The van der Waals surface area contributed by atoms with Gasteiger partial charge >= 0.3 is 11.8 Å². The first kappa shape index (κ1) is 18.5. The fourth-order valence-corrected chi connectivity index (χ4v) is 2.77. The molecule has 1 atom stereocenters. The van der Waals surface area contributed by atoms with Crippen molar-refractivity contribution < 1.29 is 9.59 Å². The van der Waals surface area contributed by atoms with Gasteiger partial charge in [-0.25, -0.2) is 0 Å². The fourth-order valence-electron chi connectivity index (χ4n) is 2.77. The molecule has 6 nitrogen and oxygen atoms in total. The van der Waals surface area contributed by atoms with E-state index in [9.17, 15) is 9.59 Å². The van der Waals surface area contributed by atoms with Crippen molar-refractivity contribution in [3.05, 3.63) is 66.7 Å². The Morgan fingerprint density at radius 3 is 2.26 bits per heavy atom. The molecular weight excluding hydrogens is 340 g/mol. The molecule has 0 saturated heterocycles. The standard InChI is InChI=1S/C21H22N4O2/c26-20(22-15-16-7-3-1-4-8-16)21(27)23-17-11-13-19(14-12-17)25-24-18-9-5-2-6-10-18/h1-3,5-6,9-14,16H,4,7-8,15H2,(H,22,26)(H,23,27). The van der Waals surface area contributed by atoms with Gasteiger partial charge in [0.15, 0.2) is 0 Å². The Hall–Kier alpha value is -3.28. The van der Waals surface area contributed by atoms with E-state index < -0.39 is 11.8 Å². The molecule has 2 aromatic rings. The van der Waals surface area contributed by atoms with Crippen LogP contribution in [0.25, 0.3) is 0 Å². The molecule has 27 heavy (non-hydrogen) atoms. The van der Waals surface area contributed by atoms with Gasteiger partial charge < -0.3 is 10.6 Å². The lowest BCUT2D eigenvalue weighted by atomic mass is 9.94. The molecule has 0 spiro atoms. The number of nitrogens with zero attached hydrogens (tertiary/aromatic N) is 2. The van der Waals surface area contributed by atoms with Crippen LogP contribution in [0.15, 0.2) is 77.0 Å². The smallest absolute Gasteiger partial charge is 0.313 e. The molecule has 2 N–H and O–H groups in total. The highest BCUT2D eigenvalue weighted by molar-refractivity contribution is 6.39. The number of azo groups is 1. The Labute approximate surface area is 158 Å². The van der Waals surface area contributed by atoms with Crippen molar-refractivity contribution in [3.8, 4) is 0 Å². The number of carbonyl (C=O) groups is 2. The van der Waals surface area contributed by atoms with Crippen molar-refractivity contribution in [2.45, 2.75) is 19.3 Å². The molecular formula is C21H22N4O2. The molecule has 0 aliphatic heterocycles. The molecule has 1 unspecified atom stereocenters. The average Bonchev–Trinajstić information content (AvgIpc) is 2.73. The molecule has 0 bridgehead atoms. The maximum absolute atomic E-state index is 12.0. The Kier molecular flexibility index (Phi) is 6.46. The SMILES string of the molecule is O=C(NCC1CC=CCC1)C(=O)Nc1ccc(N=Nc2ccccc2)cc1. The number of rotatable bonds is 5. The van der Waals surface area contributed by atoms with Crippen LogP contribution in [0, 0.1) is 5.92 Å². The highest BCUT2D eigenvalue weighted by atomic mass is 16.2. The van der Waals surface area contributed by atoms with E-state index >= 15 is 0 Å². The highest BCUT2D eigenvalue weighted by Crippen LogP contribution is 2.20. The minimum absolute atomic E-state index is 0.404. The zero-order chi connectivity index (χ0) is 18.9. The van der Waals surface area contributed by atoms with Crippen LogP contribution in [0.4, 0.5) is 17.1 Å². The minimum atomic E-state index is -0.667. The van der Waals surface area contributed by atoms with E-state index in [1.165, 1.54) is 0 Å². The zero-order valence-corrected chi connectivity index (χ0v) is 15.0. The summed E-state index contributed by atoms with van der Waals surface area (Å²) in [5.74, 6) is -0.876. The summed E-state index contributed by atoms with van der Waals surface area (Å²) in [6.45, 7) is 0.523. The second kappa shape index (κ2) is 9.43. The number of amides is 2. The summed E-state index contributed by atoms with van der Waals surface area (Å²) in [4.78, 5) is 23.9. The van der Waals surface area contributed by atoms with Crippen molar-refractivity contribution in [2.24, 2.45) is 16.1 Å². The van der Waals surface area contributed by atoms with Crippen molar-refractivity contribution in [3.63, 3.8) is 0 Å². The summed E-state index contributed by atoms with van der Waals surface area (Å²) in [5, 5.41) is 13.6. The van der Waals surface area contributed by atoms with Gasteiger partial charge in [-0.05, 0) is 61.6 Å². The first-order valence-electron chi connectivity index (χ1n) is 9.02. The average molecular weight is 362 g/mol. The molecule has 6 heteroatoms. The molecule has 2 aromatic carbocycles. The lowest BCUT2D eigenvalue weighted by molar-refractivity contribution is -0.136. The second-order valence-corrected chi connectivity index (χ2v) is 6.40. The molecule has 3 rings (SSSR count). The number of anilines is 1. The first-order valence-corrected chi connectivity index (χ1v) is 9.02. The normalized spacial score (nSPS) is 16.2. The fraction of sp³-hybridized carbons (Fsp3) is 0.238. The van der Waals surface area contributed by atoms with Crippen LogP contribution in [0.2, 0.25) is 0 Å². The molecule has 0 saturated carbocycles. The summed E-state index contributed by atoms with van der Waals surface area (Å²) in [6, 6.07) is 16.3. The second-order valence-electron chi connectivity index (χ2n) is 6.40. The van der Waals surface area contributed by atoms with Gasteiger partial charge in [0.1, 0.15) is 0 Å². The van der Waals surface area contributed by atoms with Crippen LogP contribution < -0.4 is 10.6 Å². The highest BCUT2D eigenvalue weighted by Gasteiger charge is 2.16. The van der Waals surface area contributed by atoms with E-state index in [1.54, 1.807) is 24.3 Å². The van der Waals surface area contributed by atoms with Crippen LogP contribution in [-0.4, -0.2) is 18.4 Å². The monoisotopic (exact) mass is 362 g/mol. The van der Waals surface area contributed by atoms with Gasteiger partial charge in [0, 0.05) is 12.2 Å².